The van der Waals surface area contributed by atoms with E-state index in [4.69, 9.17) is 0 Å². The van der Waals surface area contributed by atoms with Crippen molar-refractivity contribution in [3.63, 3.8) is 0 Å². The lowest BCUT2D eigenvalue weighted by Gasteiger charge is -2.11. The molecule has 130 valence electrons. The van der Waals surface area contributed by atoms with Crippen molar-refractivity contribution in [1.29, 1.82) is 0 Å². The summed E-state index contributed by atoms with van der Waals surface area (Å²) >= 11 is 0. The van der Waals surface area contributed by atoms with Gasteiger partial charge in [0.15, 0.2) is 5.78 Å². The van der Waals surface area contributed by atoms with Gasteiger partial charge in [0.25, 0.3) is 5.91 Å². The van der Waals surface area contributed by atoms with Gasteiger partial charge in [-0.15, -0.1) is 0 Å². The normalized spacial score (nSPS) is 10.2. The second-order valence-corrected chi connectivity index (χ2v) is 6.11. The Kier molecular flexibility index (Phi) is 6.06. The Labute approximate surface area is 147 Å². The van der Waals surface area contributed by atoms with Gasteiger partial charge in [-0.2, -0.15) is 0 Å². The van der Waals surface area contributed by atoms with Gasteiger partial charge in [-0.25, -0.2) is 0 Å². The minimum Gasteiger partial charge on any atom is -0.345 e. The molecule has 5 heteroatoms. The molecule has 0 radical (unpaired) electrons. The molecule has 0 saturated heterocycles. The fraction of sp³-hybridized carbons (Fsp3) is 0.250. The Morgan fingerprint density at radius 1 is 0.840 bits per heavy atom. The van der Waals surface area contributed by atoms with Gasteiger partial charge in [0, 0.05) is 43.8 Å². The Morgan fingerprint density at radius 3 is 1.96 bits per heavy atom. The summed E-state index contributed by atoms with van der Waals surface area (Å²) in [6, 6.07) is 14.0. The Balaban J connectivity index is 1.86. The van der Waals surface area contributed by atoms with Gasteiger partial charge in [-0.1, -0.05) is 29.8 Å². The third-order valence-electron chi connectivity index (χ3n) is 3.77. The number of carbonyl (C=O) groups is 3. The lowest BCUT2D eigenvalue weighted by Crippen LogP contribution is -2.21. The molecule has 0 heterocycles. The summed E-state index contributed by atoms with van der Waals surface area (Å²) in [4.78, 5) is 37.4. The second kappa shape index (κ2) is 8.24. The molecule has 0 aromatic heterocycles. The molecule has 0 unspecified atom stereocenters. The first-order valence-corrected chi connectivity index (χ1v) is 8.08. The fourth-order valence-corrected chi connectivity index (χ4v) is 2.29. The average molecular weight is 338 g/mol. The van der Waals surface area contributed by atoms with E-state index in [0.29, 0.717) is 16.8 Å². The predicted octanol–water partition coefficient (Wildman–Crippen LogP) is 3.30. The maximum Gasteiger partial charge on any atom is 0.253 e. The van der Waals surface area contributed by atoms with E-state index in [0.717, 1.165) is 5.56 Å². The van der Waals surface area contributed by atoms with Gasteiger partial charge >= 0.3 is 0 Å². The van der Waals surface area contributed by atoms with Crippen LogP contribution in [0.1, 0.15) is 39.1 Å². The van der Waals surface area contributed by atoms with Crippen LogP contribution in [0, 0.1) is 6.92 Å². The van der Waals surface area contributed by atoms with Gasteiger partial charge in [0.05, 0.1) is 0 Å². The van der Waals surface area contributed by atoms with Crippen molar-refractivity contribution in [2.45, 2.75) is 19.8 Å². The topological polar surface area (TPSA) is 66.5 Å². The third-order valence-corrected chi connectivity index (χ3v) is 3.77. The van der Waals surface area contributed by atoms with Crippen LogP contribution in [0.4, 0.5) is 5.69 Å². The van der Waals surface area contributed by atoms with Crippen LogP contribution in [0.2, 0.25) is 0 Å². The maximum atomic E-state index is 12.1. The summed E-state index contributed by atoms with van der Waals surface area (Å²) < 4.78 is 0. The van der Waals surface area contributed by atoms with Crippen LogP contribution < -0.4 is 5.32 Å². The smallest absolute Gasteiger partial charge is 0.253 e. The van der Waals surface area contributed by atoms with Crippen LogP contribution in [-0.4, -0.2) is 36.6 Å². The first-order valence-electron chi connectivity index (χ1n) is 8.08. The molecule has 0 aliphatic heterocycles. The van der Waals surface area contributed by atoms with Gasteiger partial charge < -0.3 is 10.2 Å². The number of rotatable bonds is 6. The Morgan fingerprint density at radius 2 is 1.40 bits per heavy atom. The minimum absolute atomic E-state index is 0.0536. The molecule has 0 aliphatic carbocycles. The minimum atomic E-state index is -0.229. The lowest BCUT2D eigenvalue weighted by atomic mass is 10.0. The van der Waals surface area contributed by atoms with Gasteiger partial charge in [-0.05, 0) is 31.2 Å². The molecule has 0 saturated carbocycles. The highest BCUT2D eigenvalue weighted by molar-refractivity contribution is 6.00. The Bertz CT molecular complexity index is 763. The monoisotopic (exact) mass is 338 g/mol. The number of hydrogen-bond acceptors (Lipinski definition) is 3. The van der Waals surface area contributed by atoms with E-state index < -0.39 is 0 Å². The maximum absolute atomic E-state index is 12.1. The van der Waals surface area contributed by atoms with Crippen LogP contribution in [0.25, 0.3) is 0 Å². The standard InChI is InChI=1S/C20H22N2O3/c1-14-4-6-15(7-5-14)18(23)12-13-19(24)21-17-10-8-16(9-11-17)20(25)22(2)3/h4-11H,12-13H2,1-3H3,(H,21,24). The zero-order chi connectivity index (χ0) is 18.4. The number of nitrogens with zero attached hydrogens (tertiary/aromatic N) is 1. The molecular weight excluding hydrogens is 316 g/mol. The van der Waals surface area contributed by atoms with Crippen molar-refractivity contribution < 1.29 is 14.4 Å². The molecular formula is C20H22N2O3. The number of nitrogens with one attached hydrogen (secondary N) is 1. The van der Waals surface area contributed by atoms with Crippen molar-refractivity contribution in [3.05, 3.63) is 65.2 Å². The number of aryl methyl sites for hydroxylation is 1. The van der Waals surface area contributed by atoms with Crippen LogP contribution in [0.5, 0.6) is 0 Å². The van der Waals surface area contributed by atoms with E-state index in [-0.39, 0.29) is 30.4 Å². The van der Waals surface area contributed by atoms with Crippen molar-refractivity contribution in [2.75, 3.05) is 19.4 Å². The molecule has 0 fully saturated rings. The van der Waals surface area contributed by atoms with E-state index in [1.165, 1.54) is 4.90 Å². The molecule has 0 spiro atoms. The molecule has 2 amide bonds. The highest BCUT2D eigenvalue weighted by Gasteiger charge is 2.11. The average Bonchev–Trinajstić information content (AvgIpc) is 2.60. The highest BCUT2D eigenvalue weighted by atomic mass is 16.2. The van der Waals surface area contributed by atoms with E-state index in [2.05, 4.69) is 5.32 Å². The quantitative estimate of drug-likeness (QED) is 0.822. The molecule has 2 aromatic rings. The van der Waals surface area contributed by atoms with Crippen LogP contribution in [-0.2, 0) is 4.79 Å². The highest BCUT2D eigenvalue weighted by Crippen LogP contribution is 2.12. The molecule has 2 aromatic carbocycles. The molecule has 1 N–H and O–H groups in total. The van der Waals surface area contributed by atoms with Crippen LogP contribution in [0.15, 0.2) is 48.5 Å². The molecule has 2 rings (SSSR count). The third kappa shape index (κ3) is 5.28. The predicted molar refractivity (Wildman–Crippen MR) is 97.8 cm³/mol. The first kappa shape index (κ1) is 18.4. The number of carbonyl (C=O) groups excluding carboxylic acids is 3. The summed E-state index contributed by atoms with van der Waals surface area (Å²) in [6.07, 6.45) is 0.275. The number of Topliss-reactive ketones (excluding diaryl/α,β-unsaturated/α-hetero) is 1. The number of amides is 2. The molecule has 0 atom stereocenters. The van der Waals surface area contributed by atoms with Crippen molar-refractivity contribution in [1.82, 2.24) is 4.90 Å². The molecule has 25 heavy (non-hydrogen) atoms. The van der Waals surface area contributed by atoms with Crippen molar-refractivity contribution in [3.8, 4) is 0 Å². The number of benzene rings is 2. The summed E-state index contributed by atoms with van der Waals surface area (Å²) in [5.41, 5.74) is 2.86. The lowest BCUT2D eigenvalue weighted by molar-refractivity contribution is -0.116. The van der Waals surface area contributed by atoms with Crippen molar-refractivity contribution >= 4 is 23.3 Å². The Hall–Kier alpha value is -2.95. The number of anilines is 1. The number of hydrogen-bond donors (Lipinski definition) is 1. The summed E-state index contributed by atoms with van der Waals surface area (Å²) in [6.45, 7) is 1.96. The fourth-order valence-electron chi connectivity index (χ4n) is 2.29. The molecule has 0 bridgehead atoms. The molecule has 5 nitrogen and oxygen atoms in total. The van der Waals surface area contributed by atoms with Gasteiger partial charge in [0.2, 0.25) is 5.91 Å². The molecule has 0 aliphatic rings. The SMILES string of the molecule is Cc1ccc(C(=O)CCC(=O)Nc2ccc(C(=O)N(C)C)cc2)cc1. The van der Waals surface area contributed by atoms with Gasteiger partial charge in [-0.3, -0.25) is 14.4 Å². The van der Waals surface area contributed by atoms with Crippen LogP contribution in [0.3, 0.4) is 0 Å². The van der Waals surface area contributed by atoms with E-state index >= 15 is 0 Å². The zero-order valence-electron chi connectivity index (χ0n) is 14.7. The van der Waals surface area contributed by atoms with E-state index in [1.54, 1.807) is 50.5 Å². The van der Waals surface area contributed by atoms with Gasteiger partial charge in [0.1, 0.15) is 0 Å². The zero-order valence-corrected chi connectivity index (χ0v) is 14.7. The summed E-state index contributed by atoms with van der Waals surface area (Å²) in [5.74, 6) is -0.379. The van der Waals surface area contributed by atoms with E-state index in [9.17, 15) is 14.4 Å². The summed E-state index contributed by atoms with van der Waals surface area (Å²) in [5, 5.41) is 2.74. The number of ketones is 1. The van der Waals surface area contributed by atoms with Crippen LogP contribution >= 0.6 is 0 Å². The van der Waals surface area contributed by atoms with E-state index in [1.807, 2.05) is 19.1 Å². The second-order valence-electron chi connectivity index (χ2n) is 6.11. The van der Waals surface area contributed by atoms with Crippen molar-refractivity contribution in [2.24, 2.45) is 0 Å². The largest absolute Gasteiger partial charge is 0.345 e. The summed E-state index contributed by atoms with van der Waals surface area (Å²) in [7, 11) is 3.37. The first-order chi connectivity index (χ1) is 11.9.